The van der Waals surface area contributed by atoms with E-state index in [1.807, 2.05) is 0 Å². The molecule has 1 aliphatic heterocycles. The lowest BCUT2D eigenvalue weighted by molar-refractivity contribution is 0.221. The number of nitrogens with zero attached hydrogens (tertiary/aromatic N) is 4. The maximum absolute atomic E-state index is 4.58. The van der Waals surface area contributed by atoms with Gasteiger partial charge in [0.15, 0.2) is 5.82 Å². The first-order chi connectivity index (χ1) is 8.20. The lowest BCUT2D eigenvalue weighted by Gasteiger charge is -2.24. The zero-order valence-electron chi connectivity index (χ0n) is 10.8. The molecular formula is C11H21N5S. The van der Waals surface area contributed by atoms with E-state index in [-0.39, 0.29) is 0 Å². The SMILES string of the molecule is CCNc1nc(C2CN(C)CCCN2C)ns1. The van der Waals surface area contributed by atoms with Crippen LogP contribution in [0, 0.1) is 0 Å². The highest BCUT2D eigenvalue weighted by Crippen LogP contribution is 2.23. The molecule has 0 aliphatic carbocycles. The molecule has 1 N–H and O–H groups in total. The van der Waals surface area contributed by atoms with Gasteiger partial charge in [0, 0.05) is 24.6 Å². The van der Waals surface area contributed by atoms with Crippen molar-refractivity contribution in [3.63, 3.8) is 0 Å². The summed E-state index contributed by atoms with van der Waals surface area (Å²) >= 11 is 1.46. The van der Waals surface area contributed by atoms with Crippen LogP contribution < -0.4 is 5.32 Å². The predicted molar refractivity (Wildman–Crippen MR) is 71.6 cm³/mol. The van der Waals surface area contributed by atoms with Crippen LogP contribution in [0.2, 0.25) is 0 Å². The van der Waals surface area contributed by atoms with Crippen LogP contribution in [0.3, 0.4) is 0 Å². The van der Waals surface area contributed by atoms with Gasteiger partial charge in [-0.3, -0.25) is 4.90 Å². The van der Waals surface area contributed by atoms with Crippen molar-refractivity contribution < 1.29 is 0 Å². The highest BCUT2D eigenvalue weighted by atomic mass is 32.1. The fourth-order valence-electron chi connectivity index (χ4n) is 2.14. The summed E-state index contributed by atoms with van der Waals surface area (Å²) in [6.45, 7) is 6.26. The molecule has 2 rings (SSSR count). The summed E-state index contributed by atoms with van der Waals surface area (Å²) in [6.07, 6.45) is 1.22. The third kappa shape index (κ3) is 3.14. The van der Waals surface area contributed by atoms with E-state index >= 15 is 0 Å². The first kappa shape index (κ1) is 12.7. The maximum atomic E-state index is 4.58. The van der Waals surface area contributed by atoms with Crippen LogP contribution in [0.4, 0.5) is 5.13 Å². The Morgan fingerprint density at radius 1 is 1.41 bits per heavy atom. The van der Waals surface area contributed by atoms with Gasteiger partial charge in [-0.25, -0.2) is 4.98 Å². The lowest BCUT2D eigenvalue weighted by atomic mass is 10.2. The van der Waals surface area contributed by atoms with Gasteiger partial charge in [-0.2, -0.15) is 4.37 Å². The summed E-state index contributed by atoms with van der Waals surface area (Å²) in [5, 5.41) is 4.15. The molecule has 0 aromatic carbocycles. The van der Waals surface area contributed by atoms with Gasteiger partial charge in [0.05, 0.1) is 6.04 Å². The van der Waals surface area contributed by atoms with Crippen molar-refractivity contribution >= 4 is 16.7 Å². The van der Waals surface area contributed by atoms with E-state index in [9.17, 15) is 0 Å². The van der Waals surface area contributed by atoms with Gasteiger partial charge in [-0.1, -0.05) is 0 Å². The number of nitrogens with one attached hydrogen (secondary N) is 1. The van der Waals surface area contributed by atoms with Crippen LogP contribution in [-0.2, 0) is 0 Å². The molecule has 0 spiro atoms. The molecule has 0 bridgehead atoms. The summed E-state index contributed by atoms with van der Waals surface area (Å²) in [7, 11) is 4.33. The molecule has 17 heavy (non-hydrogen) atoms. The zero-order valence-corrected chi connectivity index (χ0v) is 11.6. The van der Waals surface area contributed by atoms with Crippen LogP contribution in [-0.4, -0.2) is 59.4 Å². The van der Waals surface area contributed by atoms with Crippen LogP contribution in [0.15, 0.2) is 0 Å². The van der Waals surface area contributed by atoms with Crippen molar-refractivity contribution in [2.75, 3.05) is 45.6 Å². The summed E-state index contributed by atoms with van der Waals surface area (Å²) in [5.74, 6) is 0.960. The van der Waals surface area contributed by atoms with Crippen LogP contribution in [0.25, 0.3) is 0 Å². The third-order valence-electron chi connectivity index (χ3n) is 3.14. The summed E-state index contributed by atoms with van der Waals surface area (Å²) in [6, 6.07) is 0.325. The highest BCUT2D eigenvalue weighted by Gasteiger charge is 2.25. The molecule has 96 valence electrons. The van der Waals surface area contributed by atoms with Crippen molar-refractivity contribution in [3.8, 4) is 0 Å². The monoisotopic (exact) mass is 255 g/mol. The number of aromatic nitrogens is 2. The van der Waals surface area contributed by atoms with Crippen molar-refractivity contribution in [3.05, 3.63) is 5.82 Å². The minimum Gasteiger partial charge on any atom is -0.361 e. The Morgan fingerprint density at radius 2 is 2.24 bits per heavy atom. The molecule has 2 heterocycles. The second-order valence-electron chi connectivity index (χ2n) is 4.60. The van der Waals surface area contributed by atoms with E-state index in [1.165, 1.54) is 18.0 Å². The smallest absolute Gasteiger partial charge is 0.202 e. The summed E-state index contributed by atoms with van der Waals surface area (Å²) < 4.78 is 4.48. The summed E-state index contributed by atoms with van der Waals surface area (Å²) in [5.41, 5.74) is 0. The Morgan fingerprint density at radius 3 is 3.00 bits per heavy atom. The van der Waals surface area contributed by atoms with Crippen molar-refractivity contribution in [2.24, 2.45) is 0 Å². The van der Waals surface area contributed by atoms with E-state index in [0.717, 1.165) is 37.1 Å². The van der Waals surface area contributed by atoms with Gasteiger partial charge in [0.1, 0.15) is 0 Å². The molecule has 1 aromatic rings. The number of anilines is 1. The van der Waals surface area contributed by atoms with Crippen molar-refractivity contribution in [2.45, 2.75) is 19.4 Å². The van der Waals surface area contributed by atoms with Gasteiger partial charge < -0.3 is 10.2 Å². The van der Waals surface area contributed by atoms with Gasteiger partial charge in [-0.15, -0.1) is 0 Å². The minimum atomic E-state index is 0.325. The van der Waals surface area contributed by atoms with E-state index in [4.69, 9.17) is 0 Å². The van der Waals surface area contributed by atoms with Crippen LogP contribution in [0.5, 0.6) is 0 Å². The van der Waals surface area contributed by atoms with Gasteiger partial charge in [0.25, 0.3) is 0 Å². The lowest BCUT2D eigenvalue weighted by Crippen LogP contribution is -2.31. The fourth-order valence-corrected chi connectivity index (χ4v) is 2.83. The largest absolute Gasteiger partial charge is 0.361 e. The molecule has 0 radical (unpaired) electrons. The summed E-state index contributed by atoms with van der Waals surface area (Å²) in [4.78, 5) is 9.30. The van der Waals surface area contributed by atoms with Crippen molar-refractivity contribution in [1.82, 2.24) is 19.2 Å². The van der Waals surface area contributed by atoms with E-state index in [2.05, 4.69) is 45.5 Å². The van der Waals surface area contributed by atoms with Gasteiger partial charge in [0.2, 0.25) is 5.13 Å². The van der Waals surface area contributed by atoms with Crippen LogP contribution in [0.1, 0.15) is 25.2 Å². The highest BCUT2D eigenvalue weighted by molar-refractivity contribution is 7.09. The Balaban J connectivity index is 2.11. The molecular weight excluding hydrogens is 234 g/mol. The fraction of sp³-hybridized carbons (Fsp3) is 0.818. The zero-order chi connectivity index (χ0) is 12.3. The Hall–Kier alpha value is -0.720. The van der Waals surface area contributed by atoms with Gasteiger partial charge >= 0.3 is 0 Å². The maximum Gasteiger partial charge on any atom is 0.202 e. The van der Waals surface area contributed by atoms with Crippen molar-refractivity contribution in [1.29, 1.82) is 0 Å². The normalized spacial score (nSPS) is 23.6. The standard InChI is InChI=1S/C11H21N5S/c1-4-12-11-13-10(14-17-11)9-8-15(2)6-5-7-16(9)3/h9H,4-8H2,1-3H3,(H,12,13,14). The Kier molecular flexibility index (Phi) is 4.31. The number of likely N-dealkylation sites (N-methyl/N-ethyl adjacent to an activating group) is 2. The average Bonchev–Trinajstić information content (AvgIpc) is 2.67. The molecule has 1 atom stereocenters. The molecule has 1 unspecified atom stereocenters. The first-order valence-corrected chi connectivity index (χ1v) is 6.94. The average molecular weight is 255 g/mol. The van der Waals surface area contributed by atoms with Gasteiger partial charge in [-0.05, 0) is 40.5 Å². The number of rotatable bonds is 3. The molecule has 1 aliphatic rings. The quantitative estimate of drug-likeness (QED) is 0.881. The first-order valence-electron chi connectivity index (χ1n) is 6.17. The Bertz CT molecular complexity index is 353. The third-order valence-corrected chi connectivity index (χ3v) is 3.82. The predicted octanol–water partition coefficient (Wildman–Crippen LogP) is 1.28. The molecule has 0 saturated carbocycles. The van der Waals surface area contributed by atoms with E-state index < -0.39 is 0 Å². The molecule has 1 aromatic heterocycles. The van der Waals surface area contributed by atoms with Crippen LogP contribution >= 0.6 is 11.5 Å². The second-order valence-corrected chi connectivity index (χ2v) is 5.35. The minimum absolute atomic E-state index is 0.325. The number of hydrogen-bond donors (Lipinski definition) is 1. The number of hydrogen-bond acceptors (Lipinski definition) is 6. The van der Waals surface area contributed by atoms with E-state index in [0.29, 0.717) is 6.04 Å². The molecule has 6 heteroatoms. The molecule has 5 nitrogen and oxygen atoms in total. The molecule has 1 fully saturated rings. The molecule has 0 amide bonds. The topological polar surface area (TPSA) is 44.3 Å². The Labute approximate surface area is 107 Å². The second kappa shape index (κ2) is 5.75. The molecule has 1 saturated heterocycles. The van der Waals surface area contributed by atoms with E-state index in [1.54, 1.807) is 0 Å².